The highest BCUT2D eigenvalue weighted by Crippen LogP contribution is 2.12. The maximum Gasteiger partial charge on any atom is 0.255 e. The molecule has 1 heterocycles. The smallest absolute Gasteiger partial charge is 0.255 e. The lowest BCUT2D eigenvalue weighted by Gasteiger charge is -2.06. The van der Waals surface area contributed by atoms with Gasteiger partial charge in [-0.2, -0.15) is 5.10 Å². The van der Waals surface area contributed by atoms with E-state index in [1.165, 1.54) is 0 Å². The van der Waals surface area contributed by atoms with Gasteiger partial charge in [0.25, 0.3) is 11.8 Å². The van der Waals surface area contributed by atoms with Crippen molar-refractivity contribution >= 4 is 11.8 Å². The average Bonchev–Trinajstić information content (AvgIpc) is 3.16. The maximum absolute atomic E-state index is 12.2. The first kappa shape index (κ1) is 18.2. The molecule has 0 fully saturated rings. The zero-order valence-electron chi connectivity index (χ0n) is 14.7. The minimum atomic E-state index is -0.549. The molecule has 7 heteroatoms. The number of nitrogens with zero attached hydrogens (tertiary/aromatic N) is 2. The van der Waals surface area contributed by atoms with Gasteiger partial charge in [-0.3, -0.25) is 9.59 Å². The summed E-state index contributed by atoms with van der Waals surface area (Å²) in [5.41, 5.74) is 7.57. The maximum atomic E-state index is 12.2. The lowest BCUT2D eigenvalue weighted by molar-refractivity contribution is -0.119. The number of para-hydroxylation sites is 1. The van der Waals surface area contributed by atoms with Gasteiger partial charge in [0, 0.05) is 18.3 Å². The molecule has 3 rings (SSSR count). The Balaban J connectivity index is 1.48. The van der Waals surface area contributed by atoms with Crippen molar-refractivity contribution < 1.29 is 14.3 Å². The molecule has 0 spiro atoms. The summed E-state index contributed by atoms with van der Waals surface area (Å²) in [7, 11) is 0. The molecule has 1 aromatic heterocycles. The first-order valence-corrected chi connectivity index (χ1v) is 8.50. The summed E-state index contributed by atoms with van der Waals surface area (Å²) in [5.74, 6) is -0.238. The zero-order chi connectivity index (χ0) is 19.1. The molecule has 27 heavy (non-hydrogen) atoms. The summed E-state index contributed by atoms with van der Waals surface area (Å²) in [6.45, 7) is 0.307. The third kappa shape index (κ3) is 5.18. The van der Waals surface area contributed by atoms with Gasteiger partial charge in [-0.1, -0.05) is 18.2 Å². The first-order valence-electron chi connectivity index (χ1n) is 8.50. The number of primary amides is 1. The number of aromatic nitrogens is 2. The number of carbonyl (C=O) groups excluding carboxylic acids is 2. The van der Waals surface area contributed by atoms with Gasteiger partial charge in [0.1, 0.15) is 5.75 Å². The Morgan fingerprint density at radius 3 is 2.52 bits per heavy atom. The second-order valence-electron chi connectivity index (χ2n) is 5.91. The van der Waals surface area contributed by atoms with Crippen molar-refractivity contribution in [3.63, 3.8) is 0 Å². The predicted molar refractivity (Wildman–Crippen MR) is 101 cm³/mol. The van der Waals surface area contributed by atoms with Gasteiger partial charge in [0.05, 0.1) is 11.9 Å². The van der Waals surface area contributed by atoms with E-state index in [1.54, 1.807) is 30.5 Å². The fraction of sp³-hybridized carbons (Fsp3) is 0.150. The molecule has 0 saturated carbocycles. The lowest BCUT2D eigenvalue weighted by atomic mass is 10.2. The minimum Gasteiger partial charge on any atom is -0.484 e. The normalized spacial score (nSPS) is 10.4. The summed E-state index contributed by atoms with van der Waals surface area (Å²) >= 11 is 0. The summed E-state index contributed by atoms with van der Waals surface area (Å²) in [6, 6.07) is 16.4. The van der Waals surface area contributed by atoms with E-state index in [0.29, 0.717) is 24.3 Å². The molecular formula is C20H20N4O3. The lowest BCUT2D eigenvalue weighted by Crippen LogP contribution is -2.25. The first-order chi connectivity index (χ1) is 13.1. The summed E-state index contributed by atoms with van der Waals surface area (Å²) in [4.78, 5) is 22.9. The molecule has 3 N–H and O–H groups in total. The van der Waals surface area contributed by atoms with Gasteiger partial charge >= 0.3 is 0 Å². The van der Waals surface area contributed by atoms with Gasteiger partial charge in [0.15, 0.2) is 6.61 Å². The Morgan fingerprint density at radius 2 is 1.81 bits per heavy atom. The molecule has 0 aliphatic rings. The van der Waals surface area contributed by atoms with Crippen LogP contribution in [0.25, 0.3) is 5.69 Å². The summed E-state index contributed by atoms with van der Waals surface area (Å²) < 4.78 is 6.97. The fourth-order valence-corrected chi connectivity index (χ4v) is 2.49. The Bertz CT molecular complexity index is 904. The van der Waals surface area contributed by atoms with Crippen molar-refractivity contribution in [3.8, 4) is 11.4 Å². The number of nitrogens with one attached hydrogen (secondary N) is 1. The molecule has 0 saturated heterocycles. The van der Waals surface area contributed by atoms with Gasteiger partial charge < -0.3 is 15.8 Å². The van der Waals surface area contributed by atoms with Crippen molar-refractivity contribution in [3.05, 3.63) is 78.1 Å². The fourth-order valence-electron chi connectivity index (χ4n) is 2.49. The van der Waals surface area contributed by atoms with E-state index >= 15 is 0 Å². The SMILES string of the molecule is NC(=O)COc1ccc(C(=O)NCCc2cnn(-c3ccccc3)c2)cc1. The van der Waals surface area contributed by atoms with Crippen molar-refractivity contribution in [2.75, 3.05) is 13.2 Å². The highest BCUT2D eigenvalue weighted by molar-refractivity contribution is 5.94. The number of benzene rings is 2. The molecule has 0 aliphatic carbocycles. The number of carbonyl (C=O) groups is 2. The van der Waals surface area contributed by atoms with E-state index in [2.05, 4.69) is 10.4 Å². The Kier molecular flexibility index (Phi) is 5.84. The topological polar surface area (TPSA) is 99.2 Å². The molecule has 0 radical (unpaired) electrons. The highest BCUT2D eigenvalue weighted by Gasteiger charge is 2.07. The Hall–Kier alpha value is -3.61. The quantitative estimate of drug-likeness (QED) is 0.635. The molecule has 3 aromatic rings. The monoisotopic (exact) mass is 364 g/mol. The number of rotatable bonds is 8. The van der Waals surface area contributed by atoms with Crippen LogP contribution in [-0.4, -0.2) is 34.7 Å². The molecule has 7 nitrogen and oxygen atoms in total. The predicted octanol–water partition coefficient (Wildman–Crippen LogP) is 1.71. The highest BCUT2D eigenvalue weighted by atomic mass is 16.5. The van der Waals surface area contributed by atoms with Crippen LogP contribution in [0.4, 0.5) is 0 Å². The van der Waals surface area contributed by atoms with Crippen LogP contribution >= 0.6 is 0 Å². The van der Waals surface area contributed by atoms with Crippen molar-refractivity contribution in [2.45, 2.75) is 6.42 Å². The standard InChI is InChI=1S/C20H20N4O3/c21-19(25)14-27-18-8-6-16(7-9-18)20(26)22-11-10-15-12-23-24(13-15)17-4-2-1-3-5-17/h1-9,12-13H,10-11,14H2,(H2,21,25)(H,22,26). The van der Waals surface area contributed by atoms with Crippen LogP contribution < -0.4 is 15.8 Å². The van der Waals surface area contributed by atoms with Crippen LogP contribution in [0, 0.1) is 0 Å². The molecule has 2 amide bonds. The largest absolute Gasteiger partial charge is 0.484 e. The van der Waals surface area contributed by atoms with Crippen LogP contribution in [0.5, 0.6) is 5.75 Å². The van der Waals surface area contributed by atoms with Gasteiger partial charge in [0.2, 0.25) is 0 Å². The van der Waals surface area contributed by atoms with Crippen LogP contribution in [0.15, 0.2) is 67.0 Å². The zero-order valence-corrected chi connectivity index (χ0v) is 14.7. The number of amides is 2. The van der Waals surface area contributed by atoms with Crippen molar-refractivity contribution in [1.82, 2.24) is 15.1 Å². The Morgan fingerprint density at radius 1 is 1.07 bits per heavy atom. The third-order valence-electron chi connectivity index (χ3n) is 3.85. The number of hydrogen-bond acceptors (Lipinski definition) is 4. The van der Waals surface area contributed by atoms with E-state index in [-0.39, 0.29) is 12.5 Å². The minimum absolute atomic E-state index is 0.174. The summed E-state index contributed by atoms with van der Waals surface area (Å²) in [6.07, 6.45) is 4.43. The number of nitrogens with two attached hydrogens (primary N) is 1. The van der Waals surface area contributed by atoms with E-state index in [4.69, 9.17) is 10.5 Å². The van der Waals surface area contributed by atoms with Gasteiger partial charge in [-0.05, 0) is 48.4 Å². The second kappa shape index (κ2) is 8.66. The second-order valence-corrected chi connectivity index (χ2v) is 5.91. The van der Waals surface area contributed by atoms with Gasteiger partial charge in [-0.15, -0.1) is 0 Å². The molecule has 0 atom stereocenters. The molecular weight excluding hydrogens is 344 g/mol. The van der Waals surface area contributed by atoms with Crippen molar-refractivity contribution in [2.24, 2.45) is 5.73 Å². The molecule has 0 unspecified atom stereocenters. The third-order valence-corrected chi connectivity index (χ3v) is 3.85. The van der Waals surface area contributed by atoms with E-state index in [9.17, 15) is 9.59 Å². The van der Waals surface area contributed by atoms with Crippen LogP contribution in [0.1, 0.15) is 15.9 Å². The molecule has 0 bridgehead atoms. The molecule has 2 aromatic carbocycles. The summed E-state index contributed by atoms with van der Waals surface area (Å²) in [5, 5.41) is 7.21. The molecule has 138 valence electrons. The van der Waals surface area contributed by atoms with Gasteiger partial charge in [-0.25, -0.2) is 4.68 Å². The molecule has 0 aliphatic heterocycles. The van der Waals surface area contributed by atoms with E-state index in [0.717, 1.165) is 11.3 Å². The van der Waals surface area contributed by atoms with E-state index < -0.39 is 5.91 Å². The van der Waals surface area contributed by atoms with Crippen LogP contribution in [0.3, 0.4) is 0 Å². The number of ether oxygens (including phenoxy) is 1. The van der Waals surface area contributed by atoms with Crippen molar-refractivity contribution in [1.29, 1.82) is 0 Å². The van der Waals surface area contributed by atoms with E-state index in [1.807, 2.05) is 41.2 Å². The van der Waals surface area contributed by atoms with Crippen LogP contribution in [-0.2, 0) is 11.2 Å². The Labute approximate surface area is 156 Å². The average molecular weight is 364 g/mol. The van der Waals surface area contributed by atoms with Crippen LogP contribution in [0.2, 0.25) is 0 Å². The number of hydrogen-bond donors (Lipinski definition) is 2.